The van der Waals surface area contributed by atoms with Crippen LogP contribution in [0.5, 0.6) is 0 Å². The zero-order chi connectivity index (χ0) is 11.4. The maximum Gasteiger partial charge on any atom is 0.187 e. The van der Waals surface area contributed by atoms with Crippen molar-refractivity contribution in [1.29, 1.82) is 0 Å². The van der Waals surface area contributed by atoms with Crippen molar-refractivity contribution >= 4 is 30.9 Å². The molecule has 0 saturated heterocycles. The molecule has 0 N–H and O–H groups in total. The lowest BCUT2D eigenvalue weighted by molar-refractivity contribution is 0.202. The van der Waals surface area contributed by atoms with Crippen LogP contribution in [0, 0.1) is 5.41 Å². The summed E-state index contributed by atoms with van der Waals surface area (Å²) in [5, 5.41) is 0. The summed E-state index contributed by atoms with van der Waals surface area (Å²) in [6.45, 7) is 13.8. The highest BCUT2D eigenvalue weighted by Gasteiger charge is 2.30. The van der Waals surface area contributed by atoms with E-state index in [1.165, 1.54) is 16.9 Å². The molecule has 0 aromatic rings. The van der Waals surface area contributed by atoms with E-state index in [1.807, 2.05) is 0 Å². The summed E-state index contributed by atoms with van der Waals surface area (Å²) in [7, 11) is -1.44. The van der Waals surface area contributed by atoms with Crippen LogP contribution in [0.25, 0.3) is 0 Å². The Hall–Kier alpha value is 0.907. The second kappa shape index (κ2) is 5.85. The Bertz CT molecular complexity index is 163. The molecule has 0 bridgehead atoms. The van der Waals surface area contributed by atoms with E-state index in [1.54, 1.807) is 0 Å². The van der Waals surface area contributed by atoms with Crippen molar-refractivity contribution in [2.24, 2.45) is 5.41 Å². The molecular formula is C11H25IOSi. The molecule has 14 heavy (non-hydrogen) atoms. The largest absolute Gasteiger partial charge is 0.415 e. The van der Waals surface area contributed by atoms with Crippen LogP contribution in [0.1, 0.15) is 34.1 Å². The lowest BCUT2D eigenvalue weighted by Gasteiger charge is -2.33. The maximum absolute atomic E-state index is 6.19. The molecule has 0 unspecified atom stereocenters. The first-order chi connectivity index (χ1) is 6.16. The summed E-state index contributed by atoms with van der Waals surface area (Å²) < 4.78 is 7.38. The van der Waals surface area contributed by atoms with Crippen molar-refractivity contribution in [3.05, 3.63) is 0 Å². The van der Waals surface area contributed by atoms with Gasteiger partial charge in [0, 0.05) is 10.5 Å². The summed E-state index contributed by atoms with van der Waals surface area (Å²) in [5.41, 5.74) is 0.403. The van der Waals surface area contributed by atoms with Crippen molar-refractivity contribution in [2.45, 2.75) is 59.4 Å². The minimum Gasteiger partial charge on any atom is -0.415 e. The molecule has 0 fully saturated rings. The Morgan fingerprint density at radius 2 is 1.79 bits per heavy atom. The molecule has 0 radical (unpaired) electrons. The molecule has 1 nitrogen and oxygen atoms in total. The Labute approximate surface area is 104 Å². The van der Waals surface area contributed by atoms with Gasteiger partial charge in [0.15, 0.2) is 8.32 Å². The summed E-state index contributed by atoms with van der Waals surface area (Å²) in [6, 6.07) is 1.24. The first kappa shape index (κ1) is 14.9. The minimum absolute atomic E-state index is 0.403. The highest BCUT2D eigenvalue weighted by Crippen LogP contribution is 2.29. The molecular weight excluding hydrogens is 303 g/mol. The Morgan fingerprint density at radius 1 is 1.29 bits per heavy atom. The zero-order valence-electron chi connectivity index (χ0n) is 10.5. The standard InChI is InChI=1S/C11H25IOSi/c1-10(7-8-12)13-14(5,6)9-11(2,3)4/h10H,7-9H2,1-6H3/t10-/m1/s1. The third-order valence-electron chi connectivity index (χ3n) is 1.99. The average Bonchev–Trinajstić information content (AvgIpc) is 1.78. The van der Waals surface area contributed by atoms with Crippen LogP contribution in [0.2, 0.25) is 19.1 Å². The van der Waals surface area contributed by atoms with Crippen molar-refractivity contribution in [3.8, 4) is 0 Å². The predicted octanol–water partition coefficient (Wildman–Crippen LogP) is 4.47. The van der Waals surface area contributed by atoms with Gasteiger partial charge in [-0.1, -0.05) is 43.4 Å². The van der Waals surface area contributed by atoms with Gasteiger partial charge in [-0.2, -0.15) is 0 Å². The zero-order valence-corrected chi connectivity index (χ0v) is 13.6. The van der Waals surface area contributed by atoms with Crippen LogP contribution in [0.4, 0.5) is 0 Å². The van der Waals surface area contributed by atoms with Crippen molar-refractivity contribution < 1.29 is 4.43 Å². The number of hydrogen-bond donors (Lipinski definition) is 0. The van der Waals surface area contributed by atoms with Crippen LogP contribution in [-0.2, 0) is 4.43 Å². The molecule has 0 amide bonds. The van der Waals surface area contributed by atoms with Gasteiger partial charge in [-0.3, -0.25) is 0 Å². The summed E-state index contributed by atoms with van der Waals surface area (Å²) >= 11 is 2.42. The number of rotatable bonds is 5. The van der Waals surface area contributed by atoms with E-state index in [0.717, 1.165) is 0 Å². The van der Waals surface area contributed by atoms with E-state index >= 15 is 0 Å². The Balaban J connectivity index is 4.06. The monoisotopic (exact) mass is 328 g/mol. The number of hydrogen-bond acceptors (Lipinski definition) is 1. The van der Waals surface area contributed by atoms with Crippen molar-refractivity contribution in [3.63, 3.8) is 0 Å². The lowest BCUT2D eigenvalue weighted by atomic mass is 10.0. The molecule has 0 spiro atoms. The fourth-order valence-corrected chi connectivity index (χ4v) is 6.80. The molecule has 0 aliphatic carbocycles. The molecule has 0 aliphatic rings. The SMILES string of the molecule is C[C@H](CCI)O[Si](C)(C)CC(C)(C)C. The van der Waals surface area contributed by atoms with Gasteiger partial charge in [-0.25, -0.2) is 0 Å². The Kier molecular flexibility index (Phi) is 6.22. The normalized spacial score (nSPS) is 15.6. The number of alkyl halides is 1. The van der Waals surface area contributed by atoms with E-state index in [4.69, 9.17) is 4.43 Å². The smallest absolute Gasteiger partial charge is 0.187 e. The van der Waals surface area contributed by atoms with Crippen molar-refractivity contribution in [1.82, 2.24) is 0 Å². The number of halogens is 1. The van der Waals surface area contributed by atoms with E-state index in [2.05, 4.69) is 63.4 Å². The van der Waals surface area contributed by atoms with Crippen molar-refractivity contribution in [2.75, 3.05) is 4.43 Å². The van der Waals surface area contributed by atoms with Gasteiger partial charge in [-0.05, 0) is 37.9 Å². The van der Waals surface area contributed by atoms with Crippen LogP contribution in [0.3, 0.4) is 0 Å². The van der Waals surface area contributed by atoms with Crippen LogP contribution >= 0.6 is 22.6 Å². The second-order valence-electron chi connectivity index (χ2n) is 5.90. The topological polar surface area (TPSA) is 9.23 Å². The van der Waals surface area contributed by atoms with Crippen LogP contribution < -0.4 is 0 Å². The molecule has 3 heteroatoms. The highest BCUT2D eigenvalue weighted by molar-refractivity contribution is 14.1. The first-order valence-corrected chi connectivity index (χ1v) is 10.0. The molecule has 0 saturated carbocycles. The second-order valence-corrected chi connectivity index (χ2v) is 11.1. The van der Waals surface area contributed by atoms with Gasteiger partial charge in [0.1, 0.15) is 0 Å². The van der Waals surface area contributed by atoms with Crippen LogP contribution in [0.15, 0.2) is 0 Å². The molecule has 0 heterocycles. The molecule has 0 aliphatic heterocycles. The predicted molar refractivity (Wildman–Crippen MR) is 75.8 cm³/mol. The molecule has 0 aromatic carbocycles. The third-order valence-corrected chi connectivity index (χ3v) is 5.57. The van der Waals surface area contributed by atoms with Gasteiger partial charge in [0.25, 0.3) is 0 Å². The minimum atomic E-state index is -1.44. The van der Waals surface area contributed by atoms with E-state index in [9.17, 15) is 0 Å². The highest BCUT2D eigenvalue weighted by atomic mass is 127. The third kappa shape index (κ3) is 8.23. The lowest BCUT2D eigenvalue weighted by Crippen LogP contribution is -2.38. The van der Waals surface area contributed by atoms with Gasteiger partial charge < -0.3 is 4.43 Å². The van der Waals surface area contributed by atoms with E-state index in [0.29, 0.717) is 11.5 Å². The fraction of sp³-hybridized carbons (Fsp3) is 1.00. The first-order valence-electron chi connectivity index (χ1n) is 5.40. The summed E-state index contributed by atoms with van der Waals surface area (Å²) in [6.07, 6.45) is 1.62. The van der Waals surface area contributed by atoms with E-state index < -0.39 is 8.32 Å². The molecule has 1 atom stereocenters. The van der Waals surface area contributed by atoms with Gasteiger partial charge in [0.05, 0.1) is 0 Å². The molecule has 0 aromatic heterocycles. The Morgan fingerprint density at radius 3 is 2.14 bits per heavy atom. The van der Waals surface area contributed by atoms with E-state index in [-0.39, 0.29) is 0 Å². The van der Waals surface area contributed by atoms with Gasteiger partial charge in [0.2, 0.25) is 0 Å². The maximum atomic E-state index is 6.19. The molecule has 0 rings (SSSR count). The summed E-state index contributed by atoms with van der Waals surface area (Å²) in [4.78, 5) is 0. The fourth-order valence-electron chi connectivity index (χ4n) is 2.08. The molecule has 86 valence electrons. The quantitative estimate of drug-likeness (QED) is 0.411. The average molecular weight is 328 g/mol. The van der Waals surface area contributed by atoms with Crippen LogP contribution in [-0.4, -0.2) is 18.8 Å². The summed E-state index contributed by atoms with van der Waals surface area (Å²) in [5.74, 6) is 0. The van der Waals surface area contributed by atoms with Gasteiger partial charge >= 0.3 is 0 Å². The van der Waals surface area contributed by atoms with Gasteiger partial charge in [-0.15, -0.1) is 0 Å².